The molecular formula is C18H12O4S. The topological polar surface area (TPSA) is 74.6 Å². The average Bonchev–Trinajstić information content (AvgIpc) is 2.52. The second-order valence-electron chi connectivity index (χ2n) is 5.43. The Labute approximate surface area is 132 Å². The molecule has 0 aliphatic carbocycles. The second kappa shape index (κ2) is 4.68. The number of hydrogen-bond acceptors (Lipinski definition) is 3. The van der Waals surface area contributed by atoms with Gasteiger partial charge in [-0.2, -0.15) is 8.42 Å². The molecule has 0 aliphatic rings. The number of rotatable bonds is 1. The molecule has 2 N–H and O–H groups in total. The van der Waals surface area contributed by atoms with Gasteiger partial charge in [0.15, 0.2) is 0 Å². The van der Waals surface area contributed by atoms with Crippen molar-refractivity contribution in [3.63, 3.8) is 0 Å². The Kier molecular flexibility index (Phi) is 2.85. The first kappa shape index (κ1) is 14.0. The number of hydrogen-bond donors (Lipinski definition) is 2. The first-order valence-corrected chi connectivity index (χ1v) is 8.44. The zero-order valence-corrected chi connectivity index (χ0v) is 12.7. The van der Waals surface area contributed by atoms with Crippen LogP contribution in [-0.2, 0) is 10.1 Å². The molecule has 0 saturated carbocycles. The van der Waals surface area contributed by atoms with Gasteiger partial charge in [0.25, 0.3) is 10.1 Å². The highest BCUT2D eigenvalue weighted by Gasteiger charge is 2.20. The molecule has 0 aromatic heterocycles. The molecule has 4 rings (SSSR count). The lowest BCUT2D eigenvalue weighted by molar-refractivity contribution is 0.445. The van der Waals surface area contributed by atoms with Crippen molar-refractivity contribution in [1.82, 2.24) is 0 Å². The molecule has 0 unspecified atom stereocenters. The number of benzene rings is 4. The monoisotopic (exact) mass is 324 g/mol. The van der Waals surface area contributed by atoms with E-state index in [1.807, 2.05) is 42.5 Å². The lowest BCUT2D eigenvalue weighted by atomic mass is 9.97. The van der Waals surface area contributed by atoms with Crippen molar-refractivity contribution in [3.8, 4) is 5.75 Å². The van der Waals surface area contributed by atoms with Gasteiger partial charge in [-0.3, -0.25) is 4.55 Å². The second-order valence-corrected chi connectivity index (χ2v) is 6.79. The Hall–Kier alpha value is -2.63. The molecule has 4 aromatic carbocycles. The van der Waals surface area contributed by atoms with E-state index in [0.717, 1.165) is 21.5 Å². The Morgan fingerprint density at radius 2 is 1.22 bits per heavy atom. The molecule has 0 bridgehead atoms. The molecule has 4 aromatic rings. The van der Waals surface area contributed by atoms with Gasteiger partial charge in [0.05, 0.1) is 0 Å². The van der Waals surface area contributed by atoms with Crippen molar-refractivity contribution in [3.05, 3.63) is 60.7 Å². The minimum absolute atomic E-state index is 0.301. The zero-order valence-electron chi connectivity index (χ0n) is 11.9. The smallest absolute Gasteiger partial charge is 0.298 e. The molecule has 114 valence electrons. The maximum atomic E-state index is 11.6. The lowest BCUT2D eigenvalue weighted by Crippen LogP contribution is -2.00. The molecular weight excluding hydrogens is 312 g/mol. The van der Waals surface area contributed by atoms with Crippen LogP contribution in [0.15, 0.2) is 65.6 Å². The van der Waals surface area contributed by atoms with Gasteiger partial charge in [0, 0.05) is 5.39 Å². The molecule has 0 heterocycles. The maximum absolute atomic E-state index is 11.6. The fourth-order valence-corrected chi connectivity index (χ4v) is 3.92. The third-order valence-electron chi connectivity index (χ3n) is 4.11. The standard InChI is InChI=1S/C18H12O4S/c19-17-10-9-15-14-6-5-11-3-1-2-4-12(11)13(14)7-8-16(15)18(17)23(20,21)22/h1-10,19H,(H,20,21,22). The Balaban J connectivity index is 2.25. The zero-order chi connectivity index (χ0) is 16.2. The number of phenols is 1. The van der Waals surface area contributed by atoms with Crippen LogP contribution in [0, 0.1) is 0 Å². The summed E-state index contributed by atoms with van der Waals surface area (Å²) in [6, 6.07) is 18.2. The van der Waals surface area contributed by atoms with Crippen molar-refractivity contribution in [2.24, 2.45) is 0 Å². The molecule has 0 amide bonds. The van der Waals surface area contributed by atoms with Crippen molar-refractivity contribution in [1.29, 1.82) is 0 Å². The summed E-state index contributed by atoms with van der Waals surface area (Å²) in [7, 11) is -4.52. The third-order valence-corrected chi connectivity index (χ3v) is 5.06. The van der Waals surface area contributed by atoms with Crippen molar-refractivity contribution in [2.45, 2.75) is 4.90 Å². The maximum Gasteiger partial charge on any atom is 0.298 e. The lowest BCUT2D eigenvalue weighted by Gasteiger charge is -2.10. The van der Waals surface area contributed by atoms with Gasteiger partial charge >= 0.3 is 0 Å². The Bertz CT molecular complexity index is 1190. The first-order valence-electron chi connectivity index (χ1n) is 7.00. The predicted octanol–water partition coefficient (Wildman–Crippen LogP) is 4.10. The normalized spacial score (nSPS) is 12.2. The van der Waals surface area contributed by atoms with Gasteiger partial charge in [-0.1, -0.05) is 48.5 Å². The highest BCUT2D eigenvalue weighted by molar-refractivity contribution is 7.86. The van der Waals surface area contributed by atoms with E-state index in [9.17, 15) is 18.1 Å². The summed E-state index contributed by atoms with van der Waals surface area (Å²) in [4.78, 5) is -0.454. The van der Waals surface area contributed by atoms with Gasteiger partial charge in [-0.15, -0.1) is 0 Å². The summed E-state index contributed by atoms with van der Waals surface area (Å²) in [6.07, 6.45) is 0. The Morgan fingerprint density at radius 1 is 0.652 bits per heavy atom. The van der Waals surface area contributed by atoms with E-state index in [0.29, 0.717) is 10.8 Å². The quantitative estimate of drug-likeness (QED) is 0.408. The molecule has 23 heavy (non-hydrogen) atoms. The molecule has 0 saturated heterocycles. The van der Waals surface area contributed by atoms with Crippen LogP contribution in [0.1, 0.15) is 0 Å². The minimum Gasteiger partial charge on any atom is -0.506 e. The summed E-state index contributed by atoms with van der Waals surface area (Å²) in [6.45, 7) is 0. The van der Waals surface area contributed by atoms with Crippen LogP contribution in [0.25, 0.3) is 32.3 Å². The first-order chi connectivity index (χ1) is 11.0. The highest BCUT2D eigenvalue weighted by atomic mass is 32.2. The number of fused-ring (bicyclic) bond motifs is 5. The van der Waals surface area contributed by atoms with Crippen molar-refractivity contribution < 1.29 is 18.1 Å². The van der Waals surface area contributed by atoms with Gasteiger partial charge < -0.3 is 5.11 Å². The molecule has 0 fully saturated rings. The van der Waals surface area contributed by atoms with E-state index >= 15 is 0 Å². The van der Waals surface area contributed by atoms with E-state index in [2.05, 4.69) is 0 Å². The van der Waals surface area contributed by atoms with Crippen LogP contribution in [-0.4, -0.2) is 18.1 Å². The summed E-state index contributed by atoms with van der Waals surface area (Å²) >= 11 is 0. The summed E-state index contributed by atoms with van der Waals surface area (Å²) < 4.78 is 32.6. The molecule has 0 aliphatic heterocycles. The fourth-order valence-electron chi connectivity index (χ4n) is 3.14. The van der Waals surface area contributed by atoms with Crippen LogP contribution in [0.2, 0.25) is 0 Å². The third kappa shape index (κ3) is 2.05. The van der Waals surface area contributed by atoms with Crippen LogP contribution in [0.4, 0.5) is 0 Å². The van der Waals surface area contributed by atoms with Gasteiger partial charge in [0.2, 0.25) is 0 Å². The van der Waals surface area contributed by atoms with Crippen molar-refractivity contribution >= 4 is 42.4 Å². The fraction of sp³-hybridized carbons (Fsp3) is 0. The van der Waals surface area contributed by atoms with E-state index in [1.54, 1.807) is 12.1 Å². The summed E-state index contributed by atoms with van der Waals surface area (Å²) in [5, 5.41) is 14.8. The van der Waals surface area contributed by atoms with E-state index in [-0.39, 0.29) is 0 Å². The minimum atomic E-state index is -4.52. The molecule has 0 spiro atoms. The number of phenolic OH excluding ortho intramolecular Hbond substituents is 1. The van der Waals surface area contributed by atoms with Crippen LogP contribution in [0.5, 0.6) is 5.75 Å². The van der Waals surface area contributed by atoms with Crippen LogP contribution in [0.3, 0.4) is 0 Å². The molecule has 4 nitrogen and oxygen atoms in total. The van der Waals surface area contributed by atoms with Gasteiger partial charge in [0.1, 0.15) is 10.6 Å². The van der Waals surface area contributed by atoms with Crippen LogP contribution >= 0.6 is 0 Å². The molecule has 0 radical (unpaired) electrons. The number of aromatic hydroxyl groups is 1. The average molecular weight is 324 g/mol. The van der Waals surface area contributed by atoms with Gasteiger partial charge in [-0.25, -0.2) is 0 Å². The SMILES string of the molecule is O=S(=O)(O)c1c(O)ccc2c1ccc1c3ccccc3ccc21. The summed E-state index contributed by atoms with van der Waals surface area (Å²) in [5.74, 6) is -0.458. The predicted molar refractivity (Wildman–Crippen MR) is 90.4 cm³/mol. The molecule has 0 atom stereocenters. The Morgan fingerprint density at radius 3 is 2.00 bits per heavy atom. The van der Waals surface area contributed by atoms with E-state index < -0.39 is 20.8 Å². The van der Waals surface area contributed by atoms with E-state index in [4.69, 9.17) is 0 Å². The van der Waals surface area contributed by atoms with Gasteiger partial charge in [-0.05, 0) is 39.1 Å². The molecule has 5 heteroatoms. The largest absolute Gasteiger partial charge is 0.506 e. The highest BCUT2D eigenvalue weighted by Crippen LogP contribution is 2.37. The summed E-state index contributed by atoms with van der Waals surface area (Å²) in [5.41, 5.74) is 0. The van der Waals surface area contributed by atoms with E-state index in [1.165, 1.54) is 6.07 Å². The van der Waals surface area contributed by atoms with Crippen LogP contribution < -0.4 is 0 Å². The van der Waals surface area contributed by atoms with Crippen molar-refractivity contribution in [2.75, 3.05) is 0 Å².